The molecule has 1 amide bonds. The number of nitrogens with one attached hydrogen (secondary N) is 1. The summed E-state index contributed by atoms with van der Waals surface area (Å²) in [6, 6.07) is 0. The monoisotopic (exact) mass is 295 g/mol. The lowest BCUT2D eigenvalue weighted by molar-refractivity contribution is 0.102. The van der Waals surface area contributed by atoms with Gasteiger partial charge in [-0.3, -0.25) is 9.48 Å². The van der Waals surface area contributed by atoms with E-state index in [1.165, 1.54) is 17.9 Å². The smallest absolute Gasteiger partial charge is 0.284 e. The Bertz CT molecular complexity index is 676. The third-order valence-electron chi connectivity index (χ3n) is 3.54. The quantitative estimate of drug-likeness (QED) is 0.943. The van der Waals surface area contributed by atoms with Gasteiger partial charge >= 0.3 is 0 Å². The molecule has 1 aliphatic heterocycles. The maximum absolute atomic E-state index is 12.9. The molecule has 21 heavy (non-hydrogen) atoms. The number of halogens is 2. The van der Waals surface area contributed by atoms with E-state index in [0.717, 1.165) is 31.5 Å². The van der Waals surface area contributed by atoms with Crippen LogP contribution in [-0.4, -0.2) is 25.2 Å². The second-order valence-corrected chi connectivity index (χ2v) is 5.05. The second-order valence-electron chi connectivity index (χ2n) is 5.05. The first-order valence-corrected chi connectivity index (χ1v) is 6.73. The summed E-state index contributed by atoms with van der Waals surface area (Å²) in [5.41, 5.74) is 0.758. The molecule has 0 fully saturated rings. The fraction of sp³-hybridized carbons (Fsp3) is 0.462. The zero-order chi connectivity index (χ0) is 15.0. The number of alkyl halides is 2. The molecule has 0 unspecified atom stereocenters. The van der Waals surface area contributed by atoms with E-state index in [1.807, 2.05) is 4.57 Å². The third-order valence-corrected chi connectivity index (χ3v) is 3.54. The summed E-state index contributed by atoms with van der Waals surface area (Å²) in [6.07, 6.45) is 3.08. The molecule has 3 rings (SSSR count). The Morgan fingerprint density at radius 2 is 2.24 bits per heavy atom. The zero-order valence-corrected chi connectivity index (χ0v) is 11.5. The van der Waals surface area contributed by atoms with Crippen LogP contribution in [0.4, 0.5) is 14.5 Å². The Labute approximate surface area is 119 Å². The lowest BCUT2D eigenvalue weighted by Crippen LogP contribution is -2.18. The van der Waals surface area contributed by atoms with E-state index in [1.54, 1.807) is 6.33 Å². The SMILES string of the molecule is Cn1cc(NC(=O)c2ncn3c2CCCC3)c(C(F)F)n1. The highest BCUT2D eigenvalue weighted by Gasteiger charge is 2.23. The molecule has 2 aromatic heterocycles. The summed E-state index contributed by atoms with van der Waals surface area (Å²) in [5, 5.41) is 6.15. The average molecular weight is 295 g/mol. The molecule has 6 nitrogen and oxygen atoms in total. The number of aromatic nitrogens is 4. The number of carbonyl (C=O) groups is 1. The molecule has 112 valence electrons. The number of hydrogen-bond donors (Lipinski definition) is 1. The maximum Gasteiger partial charge on any atom is 0.284 e. The predicted molar refractivity (Wildman–Crippen MR) is 71.3 cm³/mol. The van der Waals surface area contributed by atoms with Gasteiger partial charge in [0.25, 0.3) is 12.3 Å². The van der Waals surface area contributed by atoms with E-state index < -0.39 is 18.0 Å². The molecule has 0 saturated carbocycles. The minimum Gasteiger partial charge on any atom is -0.334 e. The number of rotatable bonds is 3. The van der Waals surface area contributed by atoms with Gasteiger partial charge < -0.3 is 9.88 Å². The Kier molecular flexibility index (Phi) is 3.44. The number of carbonyl (C=O) groups excluding carboxylic acids is 1. The lowest BCUT2D eigenvalue weighted by atomic mass is 10.1. The summed E-state index contributed by atoms with van der Waals surface area (Å²) < 4.78 is 28.9. The summed E-state index contributed by atoms with van der Waals surface area (Å²) >= 11 is 0. The lowest BCUT2D eigenvalue weighted by Gasteiger charge is -2.14. The number of imidazole rings is 1. The molecule has 3 heterocycles. The van der Waals surface area contributed by atoms with Gasteiger partial charge in [0, 0.05) is 19.8 Å². The van der Waals surface area contributed by atoms with Crippen molar-refractivity contribution >= 4 is 11.6 Å². The van der Waals surface area contributed by atoms with Crippen molar-refractivity contribution in [3.8, 4) is 0 Å². The number of hydrogen-bond acceptors (Lipinski definition) is 3. The maximum atomic E-state index is 12.9. The third kappa shape index (κ3) is 2.53. The van der Waals surface area contributed by atoms with Gasteiger partial charge in [-0.2, -0.15) is 5.10 Å². The van der Waals surface area contributed by atoms with E-state index in [9.17, 15) is 13.6 Å². The fourth-order valence-electron chi connectivity index (χ4n) is 2.57. The van der Waals surface area contributed by atoms with Crippen LogP contribution in [0.15, 0.2) is 12.5 Å². The highest BCUT2D eigenvalue weighted by molar-refractivity contribution is 6.04. The van der Waals surface area contributed by atoms with Crippen molar-refractivity contribution in [1.82, 2.24) is 19.3 Å². The van der Waals surface area contributed by atoms with Crippen LogP contribution in [0, 0.1) is 0 Å². The molecule has 0 bridgehead atoms. The van der Waals surface area contributed by atoms with Crippen LogP contribution in [0.5, 0.6) is 0 Å². The summed E-state index contributed by atoms with van der Waals surface area (Å²) in [6.45, 7) is 0.838. The standard InChI is InChI=1S/C13H15F2N5O/c1-19-6-8(10(18-19)12(14)15)17-13(21)11-9-4-2-3-5-20(9)7-16-11/h6-7,12H,2-5H2,1H3,(H,17,21). The van der Waals surface area contributed by atoms with Crippen molar-refractivity contribution < 1.29 is 13.6 Å². The second kappa shape index (κ2) is 5.27. The molecule has 0 aromatic carbocycles. The predicted octanol–water partition coefficient (Wildman–Crippen LogP) is 2.14. The first-order chi connectivity index (χ1) is 10.1. The van der Waals surface area contributed by atoms with Crippen LogP contribution in [0.1, 0.15) is 41.1 Å². The number of aryl methyl sites for hydroxylation is 2. The highest BCUT2D eigenvalue weighted by Crippen LogP contribution is 2.26. The fourth-order valence-corrected chi connectivity index (χ4v) is 2.57. The molecule has 0 radical (unpaired) electrons. The molecule has 1 aliphatic rings. The largest absolute Gasteiger partial charge is 0.334 e. The highest BCUT2D eigenvalue weighted by atomic mass is 19.3. The Hall–Kier alpha value is -2.25. The Morgan fingerprint density at radius 3 is 3.00 bits per heavy atom. The molecule has 0 spiro atoms. The van der Waals surface area contributed by atoms with Gasteiger partial charge in [0.05, 0.1) is 17.7 Å². The molecule has 2 aromatic rings. The number of amides is 1. The van der Waals surface area contributed by atoms with Crippen molar-refractivity contribution in [2.45, 2.75) is 32.2 Å². The van der Waals surface area contributed by atoms with Gasteiger partial charge in [0.2, 0.25) is 0 Å². The van der Waals surface area contributed by atoms with Crippen molar-refractivity contribution in [1.29, 1.82) is 0 Å². The topological polar surface area (TPSA) is 64.7 Å². The molecular weight excluding hydrogens is 280 g/mol. The molecule has 0 saturated heterocycles. The van der Waals surface area contributed by atoms with E-state index >= 15 is 0 Å². The molecule has 8 heteroatoms. The molecular formula is C13H15F2N5O. The van der Waals surface area contributed by atoms with Crippen LogP contribution in [0.3, 0.4) is 0 Å². The van der Waals surface area contributed by atoms with Crippen molar-refractivity contribution in [3.63, 3.8) is 0 Å². The van der Waals surface area contributed by atoms with Crippen molar-refractivity contribution in [3.05, 3.63) is 29.6 Å². The van der Waals surface area contributed by atoms with E-state index in [0.29, 0.717) is 5.69 Å². The van der Waals surface area contributed by atoms with Gasteiger partial charge in [-0.25, -0.2) is 13.8 Å². The van der Waals surface area contributed by atoms with Gasteiger partial charge in [-0.05, 0) is 19.3 Å². The Balaban J connectivity index is 1.85. The molecule has 1 N–H and O–H groups in total. The van der Waals surface area contributed by atoms with E-state index in [-0.39, 0.29) is 5.69 Å². The first-order valence-electron chi connectivity index (χ1n) is 6.73. The van der Waals surface area contributed by atoms with Gasteiger partial charge in [-0.1, -0.05) is 0 Å². The number of anilines is 1. The van der Waals surface area contributed by atoms with E-state index in [4.69, 9.17) is 0 Å². The van der Waals surface area contributed by atoms with Crippen molar-refractivity contribution in [2.24, 2.45) is 7.05 Å². The van der Waals surface area contributed by atoms with E-state index in [2.05, 4.69) is 15.4 Å². The minimum atomic E-state index is -2.74. The van der Waals surface area contributed by atoms with Gasteiger partial charge in [0.15, 0.2) is 5.69 Å². The molecule has 0 atom stereocenters. The first kappa shape index (κ1) is 13.7. The van der Waals surface area contributed by atoms with Crippen LogP contribution in [0.25, 0.3) is 0 Å². The minimum absolute atomic E-state index is 0.0232. The number of nitrogens with zero attached hydrogens (tertiary/aromatic N) is 4. The summed E-state index contributed by atoms with van der Waals surface area (Å²) in [4.78, 5) is 16.4. The van der Waals surface area contributed by atoms with Gasteiger partial charge in [-0.15, -0.1) is 0 Å². The zero-order valence-electron chi connectivity index (χ0n) is 11.5. The Morgan fingerprint density at radius 1 is 1.43 bits per heavy atom. The van der Waals surface area contributed by atoms with Gasteiger partial charge in [0.1, 0.15) is 5.69 Å². The van der Waals surface area contributed by atoms with Crippen molar-refractivity contribution in [2.75, 3.05) is 5.32 Å². The van der Waals surface area contributed by atoms with Crippen LogP contribution in [-0.2, 0) is 20.0 Å². The normalized spacial score (nSPS) is 14.3. The van der Waals surface area contributed by atoms with Crippen LogP contribution >= 0.6 is 0 Å². The molecule has 0 aliphatic carbocycles. The van der Waals surface area contributed by atoms with Crippen LogP contribution in [0.2, 0.25) is 0 Å². The summed E-state index contributed by atoms with van der Waals surface area (Å²) in [5.74, 6) is -0.472. The average Bonchev–Trinajstić information content (AvgIpc) is 3.02. The number of fused-ring (bicyclic) bond motifs is 1. The summed E-state index contributed by atoms with van der Waals surface area (Å²) in [7, 11) is 1.53. The van der Waals surface area contributed by atoms with Crippen LogP contribution < -0.4 is 5.32 Å².